The van der Waals surface area contributed by atoms with Gasteiger partial charge in [0.15, 0.2) is 0 Å². The Morgan fingerprint density at radius 2 is 1.86 bits per heavy atom. The molecule has 2 saturated heterocycles. The first-order valence-corrected chi connectivity index (χ1v) is 13.8. The molecule has 1 amide bonds. The second-order valence-electron chi connectivity index (χ2n) is 9.48. The highest BCUT2D eigenvalue weighted by Crippen LogP contribution is 2.36. The highest BCUT2D eigenvalue weighted by molar-refractivity contribution is 8.26. The molecule has 2 aliphatic rings. The number of aryl methyl sites for hydroxylation is 1. The van der Waals surface area contributed by atoms with Gasteiger partial charge in [0.1, 0.15) is 21.8 Å². The number of nitriles is 1. The van der Waals surface area contributed by atoms with Crippen molar-refractivity contribution in [3.05, 3.63) is 67.8 Å². The molecule has 0 bridgehead atoms. The number of carbonyl (C=O) groups excluding carboxylic acids is 1. The van der Waals surface area contributed by atoms with Crippen LogP contribution in [0.1, 0.15) is 49.4 Å². The average Bonchev–Trinajstić information content (AvgIpc) is 3.13. The first kappa shape index (κ1) is 27.1. The van der Waals surface area contributed by atoms with Crippen LogP contribution >= 0.6 is 24.0 Å². The highest BCUT2D eigenvalue weighted by atomic mass is 32.2. The summed E-state index contributed by atoms with van der Waals surface area (Å²) < 4.78 is 8.10. The van der Waals surface area contributed by atoms with E-state index < -0.39 is 0 Å². The zero-order valence-electron chi connectivity index (χ0n) is 21.7. The summed E-state index contributed by atoms with van der Waals surface area (Å²) in [4.78, 5) is 31.0. The lowest BCUT2D eigenvalue weighted by Gasteiger charge is -2.39. The van der Waals surface area contributed by atoms with Gasteiger partial charge < -0.3 is 9.64 Å². The Labute approximate surface area is 227 Å². The van der Waals surface area contributed by atoms with E-state index in [4.69, 9.17) is 17.0 Å². The lowest BCUT2D eigenvalue weighted by atomic mass is 10.0. The SMILES string of the molecule is CCn1c(N2CC(C)OC(C)C2)c(C=C2SC(=S)N(CCCc3ccccc3)C2=O)c(C)c(C#N)c1=O. The van der Waals surface area contributed by atoms with Crippen LogP contribution in [0.5, 0.6) is 0 Å². The van der Waals surface area contributed by atoms with Crippen molar-refractivity contribution in [2.45, 2.75) is 59.3 Å². The molecule has 2 aromatic rings. The molecule has 194 valence electrons. The van der Waals surface area contributed by atoms with Crippen molar-refractivity contribution in [2.75, 3.05) is 24.5 Å². The molecule has 1 aromatic heterocycles. The third-order valence-electron chi connectivity index (χ3n) is 6.72. The lowest BCUT2D eigenvalue weighted by Crippen LogP contribution is -2.48. The maximum atomic E-state index is 13.4. The molecular formula is C28H32N4O3S2. The Hall–Kier alpha value is -2.93. The number of benzene rings is 1. The van der Waals surface area contributed by atoms with E-state index in [2.05, 4.69) is 23.1 Å². The first-order chi connectivity index (χ1) is 17.7. The van der Waals surface area contributed by atoms with Crippen LogP contribution in [0.15, 0.2) is 40.0 Å². The Bertz CT molecular complexity index is 1320. The number of amides is 1. The van der Waals surface area contributed by atoms with Crippen molar-refractivity contribution in [2.24, 2.45) is 0 Å². The van der Waals surface area contributed by atoms with Gasteiger partial charge in [-0.25, -0.2) is 0 Å². The minimum Gasteiger partial charge on any atom is -0.372 e. The molecule has 0 N–H and O–H groups in total. The largest absolute Gasteiger partial charge is 0.372 e. The summed E-state index contributed by atoms with van der Waals surface area (Å²) in [5.41, 5.74) is 2.31. The molecule has 37 heavy (non-hydrogen) atoms. The third-order valence-corrected chi connectivity index (χ3v) is 8.10. The smallest absolute Gasteiger partial charge is 0.270 e. The van der Waals surface area contributed by atoms with E-state index in [1.54, 1.807) is 16.4 Å². The van der Waals surface area contributed by atoms with E-state index in [-0.39, 0.29) is 29.2 Å². The molecular weight excluding hydrogens is 504 g/mol. The fraction of sp³-hybridized carbons (Fsp3) is 0.429. The quantitative estimate of drug-likeness (QED) is 0.381. The maximum Gasteiger partial charge on any atom is 0.270 e. The minimum atomic E-state index is -0.310. The number of carbonyl (C=O) groups is 1. The number of rotatable bonds is 7. The second kappa shape index (κ2) is 11.6. The fourth-order valence-electron chi connectivity index (χ4n) is 5.04. The number of ether oxygens (including phenoxy) is 1. The van der Waals surface area contributed by atoms with E-state index >= 15 is 0 Å². The van der Waals surface area contributed by atoms with E-state index in [0.29, 0.717) is 46.5 Å². The van der Waals surface area contributed by atoms with Gasteiger partial charge in [-0.15, -0.1) is 0 Å². The van der Waals surface area contributed by atoms with Crippen LogP contribution in [0.4, 0.5) is 5.82 Å². The molecule has 4 rings (SSSR count). The number of morpholine rings is 1. The molecule has 0 radical (unpaired) electrons. The van der Waals surface area contributed by atoms with Gasteiger partial charge in [0.05, 0.1) is 17.1 Å². The predicted octanol–water partition coefficient (Wildman–Crippen LogP) is 4.50. The van der Waals surface area contributed by atoms with Crippen LogP contribution in [-0.4, -0.2) is 51.5 Å². The molecule has 3 heterocycles. The zero-order chi connectivity index (χ0) is 26.7. The van der Waals surface area contributed by atoms with Gasteiger partial charge in [-0.1, -0.05) is 54.3 Å². The van der Waals surface area contributed by atoms with Crippen LogP contribution in [0.3, 0.4) is 0 Å². The van der Waals surface area contributed by atoms with Crippen LogP contribution in [0.2, 0.25) is 0 Å². The summed E-state index contributed by atoms with van der Waals surface area (Å²) in [6.45, 7) is 9.85. The third kappa shape index (κ3) is 5.66. The summed E-state index contributed by atoms with van der Waals surface area (Å²) in [7, 11) is 0. The minimum absolute atomic E-state index is 0.0178. The van der Waals surface area contributed by atoms with Gasteiger partial charge in [0.2, 0.25) is 0 Å². The van der Waals surface area contributed by atoms with Crippen molar-refractivity contribution < 1.29 is 9.53 Å². The predicted molar refractivity (Wildman–Crippen MR) is 153 cm³/mol. The number of hydrogen-bond acceptors (Lipinski definition) is 7. The summed E-state index contributed by atoms with van der Waals surface area (Å²) in [6, 6.07) is 12.3. The van der Waals surface area contributed by atoms with Gasteiger partial charge in [0, 0.05) is 31.7 Å². The molecule has 2 aliphatic heterocycles. The topological polar surface area (TPSA) is 78.6 Å². The number of thiocarbonyl (C=S) groups is 1. The van der Waals surface area contributed by atoms with E-state index in [0.717, 1.165) is 18.7 Å². The van der Waals surface area contributed by atoms with Gasteiger partial charge >= 0.3 is 0 Å². The normalized spacial score (nSPS) is 21.1. The standard InChI is InChI=1S/C28H32N4O3S2/c1-5-31-25(30-16-18(2)35-19(3)17-30)22(20(4)23(15-29)26(31)33)14-24-27(34)32(28(36)37-24)13-9-12-21-10-7-6-8-11-21/h6-8,10-11,14,18-19H,5,9,12-13,16-17H2,1-4H3. The Morgan fingerprint density at radius 3 is 2.49 bits per heavy atom. The van der Waals surface area contributed by atoms with Crippen molar-refractivity contribution >= 4 is 46.1 Å². The average molecular weight is 537 g/mol. The Balaban J connectivity index is 1.70. The van der Waals surface area contributed by atoms with E-state index in [1.807, 2.05) is 45.0 Å². The Morgan fingerprint density at radius 1 is 1.19 bits per heavy atom. The van der Waals surface area contributed by atoms with Gasteiger partial charge in [-0.2, -0.15) is 5.26 Å². The lowest BCUT2D eigenvalue weighted by molar-refractivity contribution is -0.122. The van der Waals surface area contributed by atoms with Crippen molar-refractivity contribution in [1.29, 1.82) is 5.26 Å². The molecule has 7 nitrogen and oxygen atoms in total. The number of thioether (sulfide) groups is 1. The number of nitrogens with zero attached hydrogens (tertiary/aromatic N) is 4. The van der Waals surface area contributed by atoms with Crippen LogP contribution in [-0.2, 0) is 22.5 Å². The van der Waals surface area contributed by atoms with Crippen molar-refractivity contribution in [3.63, 3.8) is 0 Å². The zero-order valence-corrected chi connectivity index (χ0v) is 23.3. The van der Waals surface area contributed by atoms with E-state index in [1.165, 1.54) is 17.3 Å². The molecule has 1 aromatic carbocycles. The molecule has 2 atom stereocenters. The summed E-state index contributed by atoms with van der Waals surface area (Å²) in [6.07, 6.45) is 3.45. The molecule has 0 saturated carbocycles. The van der Waals surface area contributed by atoms with Crippen LogP contribution in [0.25, 0.3) is 6.08 Å². The fourth-order valence-corrected chi connectivity index (χ4v) is 6.33. The molecule has 2 unspecified atom stereocenters. The molecule has 0 spiro atoms. The summed E-state index contributed by atoms with van der Waals surface area (Å²) in [5, 5.41) is 9.80. The van der Waals surface area contributed by atoms with Gasteiger partial charge in [-0.3, -0.25) is 19.1 Å². The maximum absolute atomic E-state index is 13.4. The monoisotopic (exact) mass is 536 g/mol. The van der Waals surface area contributed by atoms with Crippen LogP contribution in [0, 0.1) is 18.3 Å². The number of aromatic nitrogens is 1. The van der Waals surface area contributed by atoms with Crippen LogP contribution < -0.4 is 10.5 Å². The number of hydrogen-bond donors (Lipinski definition) is 0. The van der Waals surface area contributed by atoms with Crippen molar-refractivity contribution in [3.8, 4) is 6.07 Å². The first-order valence-electron chi connectivity index (χ1n) is 12.6. The molecule has 9 heteroatoms. The Kier molecular flexibility index (Phi) is 8.53. The highest BCUT2D eigenvalue weighted by Gasteiger charge is 2.34. The number of anilines is 1. The molecule has 2 fully saturated rings. The van der Waals surface area contributed by atoms with Gasteiger partial charge in [0.25, 0.3) is 11.5 Å². The van der Waals surface area contributed by atoms with Gasteiger partial charge in [-0.05, 0) is 57.7 Å². The van der Waals surface area contributed by atoms with E-state index in [9.17, 15) is 14.9 Å². The summed E-state index contributed by atoms with van der Waals surface area (Å²) >= 11 is 6.85. The summed E-state index contributed by atoms with van der Waals surface area (Å²) in [5.74, 6) is 0.588. The van der Waals surface area contributed by atoms with Crippen molar-refractivity contribution in [1.82, 2.24) is 9.47 Å². The second-order valence-corrected chi connectivity index (χ2v) is 11.2. The molecule has 0 aliphatic carbocycles. The number of pyridine rings is 1.